The Hall–Kier alpha value is -3.31. The number of carbonyl (C=O) groups excluding carboxylic acids is 2. The summed E-state index contributed by atoms with van der Waals surface area (Å²) in [6.07, 6.45) is -5.20. The first-order valence-corrected chi connectivity index (χ1v) is 9.29. The van der Waals surface area contributed by atoms with Gasteiger partial charge >= 0.3 is 12.5 Å². The van der Waals surface area contributed by atoms with Gasteiger partial charge in [-0.25, -0.2) is 4.79 Å². The summed E-state index contributed by atoms with van der Waals surface area (Å²) < 4.78 is 53.0. The molecule has 0 bridgehead atoms. The first-order chi connectivity index (χ1) is 14.3. The van der Waals surface area contributed by atoms with E-state index >= 15 is 0 Å². The van der Waals surface area contributed by atoms with Gasteiger partial charge in [0.15, 0.2) is 5.82 Å². The van der Waals surface area contributed by atoms with Crippen LogP contribution in [-0.4, -0.2) is 34.1 Å². The van der Waals surface area contributed by atoms with Crippen LogP contribution in [0.2, 0.25) is 0 Å². The van der Waals surface area contributed by atoms with Gasteiger partial charge < -0.3 is 25.0 Å². The number of rotatable bonds is 8. The quantitative estimate of drug-likeness (QED) is 0.638. The second-order valence-electron chi connectivity index (χ2n) is 7.53. The topological polar surface area (TPSA) is 130 Å². The number of benzene rings is 1. The van der Waals surface area contributed by atoms with E-state index < -0.39 is 35.8 Å². The van der Waals surface area contributed by atoms with Gasteiger partial charge in [0.1, 0.15) is 17.4 Å². The maximum Gasteiger partial charge on any atom is 0.573 e. The number of amides is 2. The molecule has 2 aromatic rings. The summed E-state index contributed by atoms with van der Waals surface area (Å²) in [6.45, 7) is 4.90. The number of para-hydroxylation sites is 1. The summed E-state index contributed by atoms with van der Waals surface area (Å²) in [4.78, 5) is 27.3. The summed E-state index contributed by atoms with van der Waals surface area (Å²) in [5.41, 5.74) is 4.17. The molecule has 0 saturated heterocycles. The molecule has 0 aliphatic heterocycles. The predicted octanol–water partition coefficient (Wildman–Crippen LogP) is 3.39. The zero-order valence-electron chi connectivity index (χ0n) is 17.2. The number of aryl methyl sites for hydroxylation is 1. The summed E-state index contributed by atoms with van der Waals surface area (Å²) in [6, 6.07) is 3.98. The summed E-state index contributed by atoms with van der Waals surface area (Å²) in [5, 5.41) is 6.22. The SMILES string of the molecule is CC(C)(C)OC(=O)N[C@@H](c1noc(CCCC(N)=O)n1)c1ccccc1OC(F)(F)F. The van der Waals surface area contributed by atoms with E-state index in [-0.39, 0.29) is 30.1 Å². The average molecular weight is 444 g/mol. The minimum absolute atomic E-state index is 0.0600. The molecule has 3 N–H and O–H groups in total. The molecular formula is C19H23F3N4O5. The van der Waals surface area contributed by atoms with Crippen LogP contribution in [0.1, 0.15) is 56.9 Å². The van der Waals surface area contributed by atoms with Crippen LogP contribution < -0.4 is 15.8 Å². The van der Waals surface area contributed by atoms with E-state index in [9.17, 15) is 22.8 Å². The van der Waals surface area contributed by atoms with E-state index in [2.05, 4.69) is 20.2 Å². The lowest BCUT2D eigenvalue weighted by molar-refractivity contribution is -0.275. The fraction of sp³-hybridized carbons (Fsp3) is 0.474. The van der Waals surface area contributed by atoms with Crippen molar-refractivity contribution in [2.24, 2.45) is 5.73 Å². The molecule has 1 atom stereocenters. The van der Waals surface area contributed by atoms with Crippen molar-refractivity contribution >= 4 is 12.0 Å². The maximum absolute atomic E-state index is 12.9. The summed E-state index contributed by atoms with van der Waals surface area (Å²) >= 11 is 0. The molecule has 0 aliphatic rings. The molecule has 2 amide bonds. The highest BCUT2D eigenvalue weighted by Crippen LogP contribution is 2.33. The number of hydrogen-bond acceptors (Lipinski definition) is 7. The molecule has 2 rings (SSSR count). The minimum atomic E-state index is -4.95. The number of alkyl halides is 3. The Morgan fingerprint density at radius 2 is 1.90 bits per heavy atom. The van der Waals surface area contributed by atoms with Crippen molar-refractivity contribution in [3.05, 3.63) is 41.5 Å². The van der Waals surface area contributed by atoms with Crippen molar-refractivity contribution in [1.82, 2.24) is 15.5 Å². The van der Waals surface area contributed by atoms with Gasteiger partial charge in [0, 0.05) is 18.4 Å². The Bertz CT molecular complexity index is 908. The normalized spacial score (nSPS) is 12.8. The van der Waals surface area contributed by atoms with Gasteiger partial charge in [0.25, 0.3) is 0 Å². The molecule has 0 fully saturated rings. The van der Waals surface area contributed by atoms with Crippen LogP contribution >= 0.6 is 0 Å². The number of carbonyl (C=O) groups is 2. The molecule has 1 aromatic heterocycles. The summed E-state index contributed by atoms with van der Waals surface area (Å²) in [5.74, 6) is -1.03. The number of ether oxygens (including phenoxy) is 2. The molecule has 31 heavy (non-hydrogen) atoms. The van der Waals surface area contributed by atoms with E-state index in [0.717, 1.165) is 6.07 Å². The third kappa shape index (κ3) is 8.15. The van der Waals surface area contributed by atoms with Crippen LogP contribution in [0.5, 0.6) is 5.75 Å². The first-order valence-electron chi connectivity index (χ1n) is 9.29. The largest absolute Gasteiger partial charge is 0.573 e. The third-order valence-corrected chi connectivity index (χ3v) is 3.67. The predicted molar refractivity (Wildman–Crippen MR) is 101 cm³/mol. The highest BCUT2D eigenvalue weighted by Gasteiger charge is 2.35. The van der Waals surface area contributed by atoms with Crippen molar-refractivity contribution in [2.45, 2.75) is 58.0 Å². The Balaban J connectivity index is 2.36. The lowest BCUT2D eigenvalue weighted by atomic mass is 10.1. The van der Waals surface area contributed by atoms with Gasteiger partial charge in [-0.3, -0.25) is 4.79 Å². The standard InChI is InChI=1S/C19H23F3N4O5/c1-18(2,3)30-17(28)25-15(11-7-4-5-8-12(11)29-19(20,21)22)16-24-14(31-26-16)10-6-9-13(23)27/h4-5,7-8,15H,6,9-10H2,1-3H3,(H2,23,27)(H,25,28)/t15-/m1/s1. The van der Waals surface area contributed by atoms with Gasteiger partial charge in [-0.1, -0.05) is 23.4 Å². The Morgan fingerprint density at radius 1 is 1.23 bits per heavy atom. The first kappa shape index (κ1) is 24.0. The molecule has 12 heteroatoms. The smallest absolute Gasteiger partial charge is 0.444 e. The number of primary amides is 1. The molecule has 1 heterocycles. The Kier molecular flexibility index (Phi) is 7.47. The van der Waals surface area contributed by atoms with Crippen molar-refractivity contribution in [2.75, 3.05) is 0 Å². The number of nitrogens with one attached hydrogen (secondary N) is 1. The molecule has 1 aromatic carbocycles. The Morgan fingerprint density at radius 3 is 2.52 bits per heavy atom. The van der Waals surface area contributed by atoms with Crippen LogP contribution in [-0.2, 0) is 16.0 Å². The summed E-state index contributed by atoms with van der Waals surface area (Å²) in [7, 11) is 0. The van der Waals surface area contributed by atoms with Crippen LogP contribution in [0.3, 0.4) is 0 Å². The van der Waals surface area contributed by atoms with Gasteiger partial charge in [0.2, 0.25) is 11.8 Å². The number of aromatic nitrogens is 2. The number of hydrogen-bond donors (Lipinski definition) is 2. The Labute approximate surface area is 176 Å². The van der Waals surface area contributed by atoms with Crippen LogP contribution in [0.4, 0.5) is 18.0 Å². The van der Waals surface area contributed by atoms with Crippen molar-refractivity contribution in [1.29, 1.82) is 0 Å². The lowest BCUT2D eigenvalue weighted by Crippen LogP contribution is -2.36. The molecule has 0 saturated carbocycles. The molecule has 0 radical (unpaired) electrons. The third-order valence-electron chi connectivity index (χ3n) is 3.67. The van der Waals surface area contributed by atoms with Crippen molar-refractivity contribution < 1.29 is 36.8 Å². The maximum atomic E-state index is 12.9. The van der Waals surface area contributed by atoms with E-state index in [1.54, 1.807) is 20.8 Å². The second-order valence-corrected chi connectivity index (χ2v) is 7.53. The van der Waals surface area contributed by atoms with Crippen LogP contribution in [0, 0.1) is 0 Å². The molecule has 0 unspecified atom stereocenters. The number of halogens is 3. The molecule has 9 nitrogen and oxygen atoms in total. The van der Waals surface area contributed by atoms with E-state index in [1.165, 1.54) is 18.2 Å². The van der Waals surface area contributed by atoms with Crippen LogP contribution in [0.15, 0.2) is 28.8 Å². The van der Waals surface area contributed by atoms with Crippen LogP contribution in [0.25, 0.3) is 0 Å². The number of nitrogens with zero attached hydrogens (tertiary/aromatic N) is 2. The van der Waals surface area contributed by atoms with Gasteiger partial charge in [-0.05, 0) is 33.3 Å². The molecule has 0 spiro atoms. The second kappa shape index (κ2) is 9.67. The number of nitrogens with two attached hydrogens (primary N) is 1. The zero-order valence-corrected chi connectivity index (χ0v) is 17.2. The van der Waals surface area contributed by atoms with E-state index in [1.807, 2.05) is 0 Å². The van der Waals surface area contributed by atoms with Gasteiger partial charge in [-0.2, -0.15) is 4.98 Å². The molecule has 0 aliphatic carbocycles. The van der Waals surface area contributed by atoms with Crippen molar-refractivity contribution in [3.63, 3.8) is 0 Å². The minimum Gasteiger partial charge on any atom is -0.444 e. The highest BCUT2D eigenvalue weighted by molar-refractivity contribution is 5.73. The van der Waals surface area contributed by atoms with Gasteiger partial charge in [-0.15, -0.1) is 13.2 Å². The molecular weight excluding hydrogens is 421 g/mol. The number of alkyl carbamates (subject to hydrolysis) is 1. The van der Waals surface area contributed by atoms with Crippen molar-refractivity contribution in [3.8, 4) is 5.75 Å². The molecule has 170 valence electrons. The average Bonchev–Trinajstić information content (AvgIpc) is 3.06. The highest BCUT2D eigenvalue weighted by atomic mass is 19.4. The monoisotopic (exact) mass is 444 g/mol. The fourth-order valence-electron chi connectivity index (χ4n) is 2.54. The van der Waals surface area contributed by atoms with E-state index in [4.69, 9.17) is 15.0 Å². The van der Waals surface area contributed by atoms with E-state index in [0.29, 0.717) is 6.42 Å². The zero-order chi connectivity index (χ0) is 23.2. The fourth-order valence-corrected chi connectivity index (χ4v) is 2.54. The van der Waals surface area contributed by atoms with Gasteiger partial charge in [0.05, 0.1) is 0 Å². The lowest BCUT2D eigenvalue weighted by Gasteiger charge is -2.23.